The molecule has 1 aromatic heterocycles. The summed E-state index contributed by atoms with van der Waals surface area (Å²) in [6.45, 7) is 0. The number of anilines is 2. The van der Waals surface area contributed by atoms with E-state index in [0.717, 1.165) is 22.9 Å². The van der Waals surface area contributed by atoms with Crippen LogP contribution in [0.15, 0.2) is 64.9 Å². The third-order valence-corrected chi connectivity index (χ3v) is 5.41. The Balaban J connectivity index is 1.35. The second-order valence-corrected chi connectivity index (χ2v) is 7.69. The van der Waals surface area contributed by atoms with Crippen LogP contribution >= 0.6 is 11.8 Å². The number of nitrogens with one attached hydrogen (secondary N) is 2. The third kappa shape index (κ3) is 4.40. The van der Waals surface area contributed by atoms with Crippen LogP contribution in [0.1, 0.15) is 23.2 Å². The summed E-state index contributed by atoms with van der Waals surface area (Å²) in [5, 5.41) is 14.4. The van der Waals surface area contributed by atoms with Gasteiger partial charge in [-0.15, -0.1) is 10.2 Å². The molecule has 1 heterocycles. The highest BCUT2D eigenvalue weighted by Gasteiger charge is 2.29. The highest BCUT2D eigenvalue weighted by Crippen LogP contribution is 2.30. The largest absolute Gasteiger partial charge is 0.326 e. The molecule has 0 aliphatic heterocycles. The quantitative estimate of drug-likeness (QED) is 0.668. The second-order valence-electron chi connectivity index (χ2n) is 6.65. The van der Waals surface area contributed by atoms with E-state index in [1.54, 1.807) is 30.6 Å². The molecule has 0 radical (unpaired) electrons. The molecule has 4 rings (SSSR count). The van der Waals surface area contributed by atoms with Gasteiger partial charge in [0.05, 0.1) is 0 Å². The van der Waals surface area contributed by atoms with Gasteiger partial charge in [-0.05, 0) is 73.1 Å². The van der Waals surface area contributed by atoms with Crippen LogP contribution in [0, 0.1) is 5.92 Å². The van der Waals surface area contributed by atoms with Gasteiger partial charge >= 0.3 is 0 Å². The lowest BCUT2D eigenvalue weighted by molar-refractivity contribution is -0.117. The van der Waals surface area contributed by atoms with Crippen LogP contribution in [0.4, 0.5) is 11.4 Å². The number of hydrogen-bond donors (Lipinski definition) is 2. The molecular weight excluding hydrogens is 374 g/mol. The molecule has 28 heavy (non-hydrogen) atoms. The molecule has 2 aromatic carbocycles. The highest BCUT2D eigenvalue weighted by molar-refractivity contribution is 7.99. The van der Waals surface area contributed by atoms with E-state index in [0.29, 0.717) is 16.9 Å². The van der Waals surface area contributed by atoms with Crippen molar-refractivity contribution in [3.8, 4) is 0 Å². The Hall–Kier alpha value is -3.13. The number of amides is 2. The average Bonchev–Trinajstić information content (AvgIpc) is 3.48. The molecule has 7 nitrogen and oxygen atoms in total. The Bertz CT molecular complexity index is 994. The predicted molar refractivity (Wildman–Crippen MR) is 107 cm³/mol. The van der Waals surface area contributed by atoms with E-state index in [1.165, 1.54) is 11.8 Å². The molecule has 0 saturated heterocycles. The Morgan fingerprint density at radius 2 is 1.64 bits per heavy atom. The molecule has 1 saturated carbocycles. The summed E-state index contributed by atoms with van der Waals surface area (Å²) in [5.41, 5.74) is 1.94. The van der Waals surface area contributed by atoms with Crippen LogP contribution in [0.2, 0.25) is 0 Å². The van der Waals surface area contributed by atoms with Crippen molar-refractivity contribution >= 4 is 35.0 Å². The van der Waals surface area contributed by atoms with E-state index in [9.17, 15) is 9.59 Å². The van der Waals surface area contributed by atoms with Gasteiger partial charge in [0.25, 0.3) is 5.91 Å². The van der Waals surface area contributed by atoms with Crippen LogP contribution in [0.25, 0.3) is 0 Å². The fourth-order valence-corrected chi connectivity index (χ4v) is 3.34. The smallest absolute Gasteiger partial charge is 0.255 e. The van der Waals surface area contributed by atoms with Gasteiger partial charge in [0, 0.05) is 34.8 Å². The van der Waals surface area contributed by atoms with Crippen molar-refractivity contribution in [2.45, 2.75) is 22.9 Å². The SMILES string of the molecule is Cn1cnnc1Sc1ccc(NC(=O)c2ccc(NC(=O)C3CC3)cc2)cc1. The maximum Gasteiger partial charge on any atom is 0.255 e. The number of aryl methyl sites for hydroxylation is 1. The summed E-state index contributed by atoms with van der Waals surface area (Å²) in [6, 6.07) is 14.4. The molecule has 2 N–H and O–H groups in total. The summed E-state index contributed by atoms with van der Waals surface area (Å²) < 4.78 is 1.84. The average molecular weight is 393 g/mol. The van der Waals surface area contributed by atoms with Gasteiger partial charge in [0.2, 0.25) is 5.91 Å². The lowest BCUT2D eigenvalue weighted by Crippen LogP contribution is -2.14. The molecule has 1 aliphatic carbocycles. The van der Waals surface area contributed by atoms with Crippen molar-refractivity contribution < 1.29 is 9.59 Å². The van der Waals surface area contributed by atoms with Crippen molar-refractivity contribution in [2.24, 2.45) is 13.0 Å². The maximum atomic E-state index is 12.4. The Morgan fingerprint density at radius 3 is 2.25 bits per heavy atom. The Kier molecular flexibility index (Phi) is 5.12. The molecule has 2 amide bonds. The predicted octanol–water partition coefficient (Wildman–Crippen LogP) is 3.57. The molecule has 0 spiro atoms. The summed E-state index contributed by atoms with van der Waals surface area (Å²) in [7, 11) is 1.89. The first kappa shape index (κ1) is 18.2. The zero-order valence-electron chi connectivity index (χ0n) is 15.3. The number of aromatic nitrogens is 3. The number of benzene rings is 2. The van der Waals surface area contributed by atoms with E-state index in [4.69, 9.17) is 0 Å². The van der Waals surface area contributed by atoms with Gasteiger partial charge in [0.15, 0.2) is 5.16 Å². The van der Waals surface area contributed by atoms with Crippen LogP contribution in [0.3, 0.4) is 0 Å². The molecule has 0 atom stereocenters. The van der Waals surface area contributed by atoms with Crippen molar-refractivity contribution in [3.05, 3.63) is 60.4 Å². The van der Waals surface area contributed by atoms with Gasteiger partial charge in [0.1, 0.15) is 6.33 Å². The second kappa shape index (κ2) is 7.85. The summed E-state index contributed by atoms with van der Waals surface area (Å²) in [4.78, 5) is 25.2. The number of nitrogens with zero attached hydrogens (tertiary/aromatic N) is 3. The molecular formula is C20H19N5O2S. The van der Waals surface area contributed by atoms with Crippen LogP contribution in [0.5, 0.6) is 0 Å². The third-order valence-electron chi connectivity index (χ3n) is 4.35. The first-order valence-electron chi connectivity index (χ1n) is 8.93. The van der Waals surface area contributed by atoms with Crippen molar-refractivity contribution in [1.82, 2.24) is 14.8 Å². The molecule has 8 heteroatoms. The molecule has 0 bridgehead atoms. The van der Waals surface area contributed by atoms with E-state index in [1.807, 2.05) is 35.9 Å². The molecule has 142 valence electrons. The summed E-state index contributed by atoms with van der Waals surface area (Å²) in [6.07, 6.45) is 3.57. The lowest BCUT2D eigenvalue weighted by Gasteiger charge is -2.08. The number of hydrogen-bond acceptors (Lipinski definition) is 5. The first-order valence-corrected chi connectivity index (χ1v) is 9.74. The topological polar surface area (TPSA) is 88.9 Å². The summed E-state index contributed by atoms with van der Waals surface area (Å²) in [5.74, 6) is 0.00281. The Labute approximate surface area is 166 Å². The number of rotatable bonds is 6. The van der Waals surface area contributed by atoms with Crippen molar-refractivity contribution in [1.29, 1.82) is 0 Å². The zero-order valence-corrected chi connectivity index (χ0v) is 16.1. The molecule has 0 unspecified atom stereocenters. The minimum atomic E-state index is -0.200. The van der Waals surface area contributed by atoms with Crippen molar-refractivity contribution in [2.75, 3.05) is 10.6 Å². The molecule has 1 aliphatic rings. The molecule has 3 aromatic rings. The van der Waals surface area contributed by atoms with Crippen LogP contribution < -0.4 is 10.6 Å². The fraction of sp³-hybridized carbons (Fsp3) is 0.200. The van der Waals surface area contributed by atoms with Gasteiger partial charge in [-0.3, -0.25) is 9.59 Å². The molecule has 1 fully saturated rings. The van der Waals surface area contributed by atoms with Gasteiger partial charge in [-0.2, -0.15) is 0 Å². The summed E-state index contributed by atoms with van der Waals surface area (Å²) >= 11 is 1.50. The van der Waals surface area contributed by atoms with E-state index < -0.39 is 0 Å². The maximum absolute atomic E-state index is 12.4. The number of carbonyl (C=O) groups is 2. The number of carbonyl (C=O) groups excluding carboxylic acids is 2. The van der Waals surface area contributed by atoms with Gasteiger partial charge < -0.3 is 15.2 Å². The minimum Gasteiger partial charge on any atom is -0.326 e. The van der Waals surface area contributed by atoms with E-state index >= 15 is 0 Å². The van der Waals surface area contributed by atoms with Gasteiger partial charge in [-0.25, -0.2) is 0 Å². The Morgan fingerprint density at radius 1 is 1.00 bits per heavy atom. The standard InChI is InChI=1S/C20H19N5O2S/c1-25-12-21-24-20(25)28-17-10-8-16(9-11-17)23-19(27)14-4-6-15(7-5-14)22-18(26)13-2-3-13/h4-13H,2-3H2,1H3,(H,22,26)(H,23,27). The van der Waals surface area contributed by atoms with E-state index in [-0.39, 0.29) is 17.7 Å². The zero-order chi connectivity index (χ0) is 19.5. The normalized spacial score (nSPS) is 13.2. The highest BCUT2D eigenvalue weighted by atomic mass is 32.2. The van der Waals surface area contributed by atoms with Crippen molar-refractivity contribution in [3.63, 3.8) is 0 Å². The fourth-order valence-electron chi connectivity index (χ4n) is 2.57. The van der Waals surface area contributed by atoms with Crippen LogP contribution in [-0.4, -0.2) is 26.6 Å². The minimum absolute atomic E-state index is 0.0523. The lowest BCUT2D eigenvalue weighted by atomic mass is 10.2. The van der Waals surface area contributed by atoms with E-state index in [2.05, 4.69) is 20.8 Å². The first-order chi connectivity index (χ1) is 13.6. The van der Waals surface area contributed by atoms with Gasteiger partial charge in [-0.1, -0.05) is 0 Å². The monoisotopic (exact) mass is 393 g/mol. The van der Waals surface area contributed by atoms with Crippen LogP contribution in [-0.2, 0) is 11.8 Å².